The topological polar surface area (TPSA) is 28.2 Å². The van der Waals surface area contributed by atoms with Crippen LogP contribution in [0.15, 0.2) is 22.9 Å². The van der Waals surface area contributed by atoms with Crippen LogP contribution in [0.25, 0.3) is 0 Å². The Morgan fingerprint density at radius 1 is 1.33 bits per heavy atom. The Labute approximate surface area is 119 Å². The maximum absolute atomic E-state index is 4.15. The van der Waals surface area contributed by atoms with E-state index in [1.165, 1.54) is 19.4 Å². The van der Waals surface area contributed by atoms with Crippen molar-refractivity contribution in [2.75, 3.05) is 25.0 Å². The van der Waals surface area contributed by atoms with Crippen LogP contribution in [-0.4, -0.2) is 35.6 Å². The Morgan fingerprint density at radius 2 is 2.06 bits per heavy atom. The zero-order chi connectivity index (χ0) is 13.4. The van der Waals surface area contributed by atoms with Gasteiger partial charge in [-0.15, -0.1) is 0 Å². The van der Waals surface area contributed by atoms with Gasteiger partial charge in [-0.05, 0) is 61.4 Å². The van der Waals surface area contributed by atoms with E-state index >= 15 is 0 Å². The normalized spacial score (nSPS) is 12.7. The first-order valence-corrected chi connectivity index (χ1v) is 7.54. The van der Waals surface area contributed by atoms with Gasteiger partial charge >= 0.3 is 0 Å². The number of nitrogens with one attached hydrogen (secondary N) is 1. The fourth-order valence-corrected chi connectivity index (χ4v) is 2.37. The summed E-state index contributed by atoms with van der Waals surface area (Å²) >= 11 is 3.43. The van der Waals surface area contributed by atoms with Gasteiger partial charge in [0.25, 0.3) is 0 Å². The van der Waals surface area contributed by atoms with E-state index in [0.717, 1.165) is 23.2 Å². The van der Waals surface area contributed by atoms with E-state index in [1.54, 1.807) is 6.20 Å². The Bertz CT molecular complexity index is 340. The standard InChI is InChI=1S/C14H24BrN3/c1-4-18(5-2)8-6-7-12(3)17-14-9-13(15)10-16-11-14/h9-12,17H,4-8H2,1-3H3. The number of hydrogen-bond acceptors (Lipinski definition) is 3. The third kappa shape index (κ3) is 5.83. The van der Waals surface area contributed by atoms with E-state index in [-0.39, 0.29) is 0 Å². The average Bonchev–Trinajstić information content (AvgIpc) is 2.34. The molecule has 18 heavy (non-hydrogen) atoms. The predicted molar refractivity (Wildman–Crippen MR) is 82.0 cm³/mol. The molecule has 0 spiro atoms. The number of nitrogens with zero attached hydrogens (tertiary/aromatic N) is 2. The van der Waals surface area contributed by atoms with Crippen molar-refractivity contribution in [2.45, 2.75) is 39.7 Å². The molecule has 1 N–H and O–H groups in total. The van der Waals surface area contributed by atoms with Gasteiger partial charge in [-0.2, -0.15) is 0 Å². The van der Waals surface area contributed by atoms with Gasteiger partial charge in [-0.1, -0.05) is 13.8 Å². The number of anilines is 1. The molecule has 1 unspecified atom stereocenters. The molecule has 0 aliphatic carbocycles. The SMILES string of the molecule is CCN(CC)CCCC(C)Nc1cncc(Br)c1. The van der Waals surface area contributed by atoms with Crippen molar-refractivity contribution in [1.29, 1.82) is 0 Å². The van der Waals surface area contributed by atoms with Crippen molar-refractivity contribution in [3.8, 4) is 0 Å². The fourth-order valence-electron chi connectivity index (χ4n) is 2.01. The van der Waals surface area contributed by atoms with Crippen molar-refractivity contribution >= 4 is 21.6 Å². The summed E-state index contributed by atoms with van der Waals surface area (Å²) < 4.78 is 1.02. The van der Waals surface area contributed by atoms with Gasteiger partial charge in [-0.3, -0.25) is 4.98 Å². The molecule has 0 saturated carbocycles. The molecule has 0 amide bonds. The van der Waals surface area contributed by atoms with Gasteiger partial charge in [0.05, 0.1) is 11.9 Å². The smallest absolute Gasteiger partial charge is 0.0540 e. The number of pyridine rings is 1. The van der Waals surface area contributed by atoms with Crippen LogP contribution >= 0.6 is 15.9 Å². The third-order valence-electron chi connectivity index (χ3n) is 3.12. The molecular formula is C14H24BrN3. The maximum Gasteiger partial charge on any atom is 0.0540 e. The fraction of sp³-hybridized carbons (Fsp3) is 0.643. The van der Waals surface area contributed by atoms with E-state index < -0.39 is 0 Å². The number of aromatic nitrogens is 1. The quantitative estimate of drug-likeness (QED) is 0.792. The summed E-state index contributed by atoms with van der Waals surface area (Å²) in [7, 11) is 0. The van der Waals surface area contributed by atoms with Crippen LogP contribution in [0.3, 0.4) is 0 Å². The van der Waals surface area contributed by atoms with Crippen LogP contribution in [-0.2, 0) is 0 Å². The van der Waals surface area contributed by atoms with Crippen LogP contribution in [0.1, 0.15) is 33.6 Å². The second kappa shape index (κ2) is 8.48. The summed E-state index contributed by atoms with van der Waals surface area (Å²) in [5.74, 6) is 0. The Morgan fingerprint density at radius 3 is 2.67 bits per heavy atom. The molecule has 0 aliphatic heterocycles. The van der Waals surface area contributed by atoms with Crippen LogP contribution in [0.4, 0.5) is 5.69 Å². The van der Waals surface area contributed by atoms with E-state index in [9.17, 15) is 0 Å². The van der Waals surface area contributed by atoms with Gasteiger partial charge in [0, 0.05) is 16.7 Å². The minimum atomic E-state index is 0.483. The lowest BCUT2D eigenvalue weighted by atomic mass is 10.1. The van der Waals surface area contributed by atoms with Crippen LogP contribution in [0, 0.1) is 0 Å². The highest BCUT2D eigenvalue weighted by molar-refractivity contribution is 9.10. The van der Waals surface area contributed by atoms with Crippen molar-refractivity contribution < 1.29 is 0 Å². The highest BCUT2D eigenvalue weighted by Crippen LogP contribution is 2.15. The first kappa shape index (κ1) is 15.4. The predicted octanol–water partition coefficient (Wildman–Crippen LogP) is 3.77. The summed E-state index contributed by atoms with van der Waals surface area (Å²) in [6.07, 6.45) is 6.09. The highest BCUT2D eigenvalue weighted by atomic mass is 79.9. The second-order valence-electron chi connectivity index (χ2n) is 4.61. The molecule has 102 valence electrons. The number of rotatable bonds is 8. The van der Waals surface area contributed by atoms with E-state index in [0.29, 0.717) is 6.04 Å². The van der Waals surface area contributed by atoms with Gasteiger partial charge in [0.2, 0.25) is 0 Å². The number of hydrogen-bond donors (Lipinski definition) is 1. The van der Waals surface area contributed by atoms with Crippen LogP contribution < -0.4 is 5.32 Å². The maximum atomic E-state index is 4.15. The van der Waals surface area contributed by atoms with Gasteiger partial charge in [-0.25, -0.2) is 0 Å². The molecule has 0 bridgehead atoms. The molecular weight excluding hydrogens is 290 g/mol. The second-order valence-corrected chi connectivity index (χ2v) is 5.52. The average molecular weight is 314 g/mol. The molecule has 0 fully saturated rings. The van der Waals surface area contributed by atoms with Crippen molar-refractivity contribution in [3.05, 3.63) is 22.9 Å². The van der Waals surface area contributed by atoms with Crippen LogP contribution in [0.2, 0.25) is 0 Å². The minimum absolute atomic E-state index is 0.483. The van der Waals surface area contributed by atoms with Gasteiger partial charge in [0.15, 0.2) is 0 Å². The van der Waals surface area contributed by atoms with Crippen LogP contribution in [0.5, 0.6) is 0 Å². The Balaban J connectivity index is 2.27. The third-order valence-corrected chi connectivity index (χ3v) is 3.56. The van der Waals surface area contributed by atoms with E-state index in [1.807, 2.05) is 6.20 Å². The molecule has 0 aliphatic rings. The molecule has 1 rings (SSSR count). The number of halogens is 1. The molecule has 0 radical (unpaired) electrons. The summed E-state index contributed by atoms with van der Waals surface area (Å²) in [6.45, 7) is 10.2. The molecule has 1 heterocycles. The van der Waals surface area contributed by atoms with Gasteiger partial charge < -0.3 is 10.2 Å². The first-order chi connectivity index (χ1) is 8.65. The zero-order valence-corrected chi connectivity index (χ0v) is 13.2. The van der Waals surface area contributed by atoms with E-state index in [2.05, 4.69) is 58.0 Å². The Kier molecular flexibility index (Phi) is 7.28. The molecule has 1 atom stereocenters. The largest absolute Gasteiger partial charge is 0.381 e. The molecule has 3 nitrogen and oxygen atoms in total. The summed E-state index contributed by atoms with van der Waals surface area (Å²) in [4.78, 5) is 6.62. The summed E-state index contributed by atoms with van der Waals surface area (Å²) in [5.41, 5.74) is 1.08. The molecule has 1 aromatic rings. The molecule has 0 aromatic carbocycles. The lowest BCUT2D eigenvalue weighted by Crippen LogP contribution is -2.25. The lowest BCUT2D eigenvalue weighted by molar-refractivity contribution is 0.295. The first-order valence-electron chi connectivity index (χ1n) is 6.75. The van der Waals surface area contributed by atoms with Crippen molar-refractivity contribution in [3.63, 3.8) is 0 Å². The monoisotopic (exact) mass is 313 g/mol. The summed E-state index contributed by atoms with van der Waals surface area (Å²) in [6, 6.07) is 2.55. The highest BCUT2D eigenvalue weighted by Gasteiger charge is 2.04. The molecule has 1 aromatic heterocycles. The van der Waals surface area contributed by atoms with Gasteiger partial charge in [0.1, 0.15) is 0 Å². The minimum Gasteiger partial charge on any atom is -0.381 e. The van der Waals surface area contributed by atoms with Crippen molar-refractivity contribution in [1.82, 2.24) is 9.88 Å². The lowest BCUT2D eigenvalue weighted by Gasteiger charge is -2.20. The molecule has 4 heteroatoms. The van der Waals surface area contributed by atoms with E-state index in [4.69, 9.17) is 0 Å². The Hall–Kier alpha value is -0.610. The summed E-state index contributed by atoms with van der Waals surface area (Å²) in [5, 5.41) is 3.48. The van der Waals surface area contributed by atoms with Crippen molar-refractivity contribution in [2.24, 2.45) is 0 Å². The molecule has 0 saturated heterocycles. The zero-order valence-electron chi connectivity index (χ0n) is 11.6.